The fraction of sp³-hybridized carbons (Fsp3) is 0.611. The van der Waals surface area contributed by atoms with Gasteiger partial charge in [0, 0.05) is 24.1 Å². The van der Waals surface area contributed by atoms with Gasteiger partial charge in [0.25, 0.3) is 0 Å². The maximum Gasteiger partial charge on any atom is 0.223 e. The van der Waals surface area contributed by atoms with Crippen LogP contribution in [0.1, 0.15) is 57.1 Å². The van der Waals surface area contributed by atoms with Crippen LogP contribution in [0.15, 0.2) is 24.3 Å². The molecule has 2 fully saturated rings. The standard InChI is InChI=1S/C18H26N2O2/c1-2-22-16-10-6-5-9-14(16)18-15(19)11-12-17(21)20(18)13-7-3-4-8-13/h5-6,9-10,13,15,18H,2-4,7-8,11-12,19H2,1H3. The summed E-state index contributed by atoms with van der Waals surface area (Å²) in [7, 11) is 0. The molecule has 2 unspecified atom stereocenters. The molecule has 0 spiro atoms. The molecular formula is C18H26N2O2. The van der Waals surface area contributed by atoms with Crippen molar-refractivity contribution in [3.63, 3.8) is 0 Å². The van der Waals surface area contributed by atoms with E-state index in [0.717, 1.165) is 30.6 Å². The van der Waals surface area contributed by atoms with Gasteiger partial charge in [0.2, 0.25) is 5.91 Å². The Kier molecular flexibility index (Phi) is 4.67. The summed E-state index contributed by atoms with van der Waals surface area (Å²) < 4.78 is 5.79. The third-order valence-corrected chi connectivity index (χ3v) is 4.94. The molecule has 2 atom stereocenters. The molecule has 1 aromatic rings. The second-order valence-corrected chi connectivity index (χ2v) is 6.36. The van der Waals surface area contributed by atoms with E-state index in [-0.39, 0.29) is 18.0 Å². The molecule has 1 aromatic carbocycles. The number of likely N-dealkylation sites (tertiary alicyclic amines) is 1. The first-order valence-corrected chi connectivity index (χ1v) is 8.51. The van der Waals surface area contributed by atoms with Gasteiger partial charge in [0.05, 0.1) is 12.6 Å². The molecule has 1 amide bonds. The molecule has 0 aromatic heterocycles. The molecule has 1 aliphatic heterocycles. The monoisotopic (exact) mass is 302 g/mol. The maximum absolute atomic E-state index is 12.6. The van der Waals surface area contributed by atoms with Gasteiger partial charge in [0.1, 0.15) is 5.75 Å². The second kappa shape index (κ2) is 6.69. The van der Waals surface area contributed by atoms with Gasteiger partial charge in [0.15, 0.2) is 0 Å². The Morgan fingerprint density at radius 1 is 1.23 bits per heavy atom. The lowest BCUT2D eigenvalue weighted by atomic mass is 9.88. The first-order valence-electron chi connectivity index (χ1n) is 8.51. The molecule has 1 heterocycles. The number of nitrogens with zero attached hydrogens (tertiary/aromatic N) is 1. The number of ether oxygens (including phenoxy) is 1. The smallest absolute Gasteiger partial charge is 0.223 e. The summed E-state index contributed by atoms with van der Waals surface area (Å²) in [4.78, 5) is 14.7. The molecule has 4 heteroatoms. The van der Waals surface area contributed by atoms with Crippen LogP contribution in [0, 0.1) is 0 Å². The first kappa shape index (κ1) is 15.3. The van der Waals surface area contributed by atoms with Crippen LogP contribution in [-0.4, -0.2) is 29.5 Å². The number of carbonyl (C=O) groups is 1. The third-order valence-electron chi connectivity index (χ3n) is 4.94. The van der Waals surface area contributed by atoms with Gasteiger partial charge < -0.3 is 15.4 Å². The molecule has 2 aliphatic rings. The maximum atomic E-state index is 12.6. The topological polar surface area (TPSA) is 55.6 Å². The van der Waals surface area contributed by atoms with E-state index in [2.05, 4.69) is 11.0 Å². The Morgan fingerprint density at radius 3 is 2.68 bits per heavy atom. The average molecular weight is 302 g/mol. The third kappa shape index (κ3) is 2.84. The van der Waals surface area contributed by atoms with Crippen LogP contribution in [-0.2, 0) is 4.79 Å². The van der Waals surface area contributed by atoms with Crippen molar-refractivity contribution < 1.29 is 9.53 Å². The molecule has 1 saturated heterocycles. The lowest BCUT2D eigenvalue weighted by Gasteiger charge is -2.44. The highest BCUT2D eigenvalue weighted by Gasteiger charge is 2.40. The summed E-state index contributed by atoms with van der Waals surface area (Å²) >= 11 is 0. The highest BCUT2D eigenvalue weighted by molar-refractivity contribution is 5.78. The van der Waals surface area contributed by atoms with Crippen LogP contribution in [0.25, 0.3) is 0 Å². The van der Waals surface area contributed by atoms with Gasteiger partial charge in [-0.15, -0.1) is 0 Å². The molecule has 22 heavy (non-hydrogen) atoms. The molecule has 2 N–H and O–H groups in total. The largest absolute Gasteiger partial charge is 0.494 e. The highest BCUT2D eigenvalue weighted by atomic mass is 16.5. The first-order chi connectivity index (χ1) is 10.7. The highest BCUT2D eigenvalue weighted by Crippen LogP contribution is 2.40. The van der Waals surface area contributed by atoms with E-state index in [1.54, 1.807) is 0 Å². The number of hydrogen-bond acceptors (Lipinski definition) is 3. The molecule has 4 nitrogen and oxygen atoms in total. The predicted molar refractivity (Wildman–Crippen MR) is 86.7 cm³/mol. The van der Waals surface area contributed by atoms with Crippen molar-refractivity contribution in [3.8, 4) is 5.75 Å². The van der Waals surface area contributed by atoms with Crippen molar-refractivity contribution in [3.05, 3.63) is 29.8 Å². The fourth-order valence-electron chi connectivity index (χ4n) is 3.94. The molecule has 0 radical (unpaired) electrons. The van der Waals surface area contributed by atoms with E-state index in [4.69, 9.17) is 10.5 Å². The van der Waals surface area contributed by atoms with Crippen molar-refractivity contribution in [2.75, 3.05) is 6.61 Å². The SMILES string of the molecule is CCOc1ccccc1C1C(N)CCC(=O)N1C1CCCC1. The van der Waals surface area contributed by atoms with E-state index in [0.29, 0.717) is 19.1 Å². The van der Waals surface area contributed by atoms with Gasteiger partial charge in [-0.25, -0.2) is 0 Å². The van der Waals surface area contributed by atoms with E-state index in [9.17, 15) is 4.79 Å². The minimum absolute atomic E-state index is 0.0140. The Labute approximate surface area is 132 Å². The number of amides is 1. The Balaban J connectivity index is 1.98. The zero-order valence-electron chi connectivity index (χ0n) is 13.3. The Bertz CT molecular complexity index is 526. The molecular weight excluding hydrogens is 276 g/mol. The van der Waals surface area contributed by atoms with Gasteiger partial charge in [-0.3, -0.25) is 4.79 Å². The van der Waals surface area contributed by atoms with Crippen LogP contribution in [0.4, 0.5) is 0 Å². The summed E-state index contributed by atoms with van der Waals surface area (Å²) in [6.07, 6.45) is 5.96. The lowest BCUT2D eigenvalue weighted by molar-refractivity contribution is -0.140. The summed E-state index contributed by atoms with van der Waals surface area (Å²) in [5.74, 6) is 1.12. The number of benzene rings is 1. The minimum atomic E-state index is -0.0490. The van der Waals surface area contributed by atoms with Crippen molar-refractivity contribution in [1.82, 2.24) is 4.90 Å². The van der Waals surface area contributed by atoms with Crippen LogP contribution >= 0.6 is 0 Å². The van der Waals surface area contributed by atoms with Crippen LogP contribution in [0.5, 0.6) is 5.75 Å². The molecule has 3 rings (SSSR count). The number of carbonyl (C=O) groups excluding carboxylic acids is 1. The van der Waals surface area contributed by atoms with Crippen LogP contribution < -0.4 is 10.5 Å². The van der Waals surface area contributed by atoms with Gasteiger partial charge >= 0.3 is 0 Å². The number of nitrogens with two attached hydrogens (primary N) is 1. The quantitative estimate of drug-likeness (QED) is 0.930. The summed E-state index contributed by atoms with van der Waals surface area (Å²) in [5.41, 5.74) is 7.51. The summed E-state index contributed by atoms with van der Waals surface area (Å²) in [5, 5.41) is 0. The lowest BCUT2D eigenvalue weighted by Crippen LogP contribution is -2.52. The van der Waals surface area contributed by atoms with E-state index >= 15 is 0 Å². The van der Waals surface area contributed by atoms with E-state index in [1.807, 2.05) is 25.1 Å². The summed E-state index contributed by atoms with van der Waals surface area (Å²) in [6, 6.07) is 8.32. The van der Waals surface area contributed by atoms with Crippen molar-refractivity contribution in [2.45, 2.75) is 63.6 Å². The zero-order chi connectivity index (χ0) is 15.5. The van der Waals surface area contributed by atoms with Crippen molar-refractivity contribution in [2.24, 2.45) is 5.73 Å². The van der Waals surface area contributed by atoms with Crippen LogP contribution in [0.2, 0.25) is 0 Å². The number of hydrogen-bond donors (Lipinski definition) is 1. The number of rotatable bonds is 4. The predicted octanol–water partition coefficient (Wildman–Crippen LogP) is 3.02. The fourth-order valence-corrected chi connectivity index (χ4v) is 3.94. The molecule has 120 valence electrons. The molecule has 1 saturated carbocycles. The van der Waals surface area contributed by atoms with Crippen LogP contribution in [0.3, 0.4) is 0 Å². The second-order valence-electron chi connectivity index (χ2n) is 6.36. The van der Waals surface area contributed by atoms with Crippen molar-refractivity contribution in [1.29, 1.82) is 0 Å². The van der Waals surface area contributed by atoms with Gasteiger partial charge in [-0.2, -0.15) is 0 Å². The van der Waals surface area contributed by atoms with E-state index in [1.165, 1.54) is 12.8 Å². The Morgan fingerprint density at radius 2 is 1.95 bits per heavy atom. The molecule has 0 bridgehead atoms. The molecule has 1 aliphatic carbocycles. The number of para-hydroxylation sites is 1. The van der Waals surface area contributed by atoms with E-state index < -0.39 is 0 Å². The summed E-state index contributed by atoms with van der Waals surface area (Å²) in [6.45, 7) is 2.60. The zero-order valence-corrected chi connectivity index (χ0v) is 13.3. The number of piperidine rings is 1. The average Bonchev–Trinajstić information content (AvgIpc) is 3.04. The van der Waals surface area contributed by atoms with Crippen molar-refractivity contribution >= 4 is 5.91 Å². The van der Waals surface area contributed by atoms with Gasteiger partial charge in [-0.1, -0.05) is 31.0 Å². The normalized spacial score (nSPS) is 26.5. The van der Waals surface area contributed by atoms with Gasteiger partial charge in [-0.05, 0) is 32.3 Å². The Hall–Kier alpha value is -1.55. The minimum Gasteiger partial charge on any atom is -0.494 e.